The minimum absolute atomic E-state index is 0.155. The molecule has 0 radical (unpaired) electrons. The van der Waals surface area contributed by atoms with Crippen LogP contribution in [0, 0.1) is 0 Å². The lowest BCUT2D eigenvalue weighted by molar-refractivity contribution is -0.0125. The fourth-order valence-electron chi connectivity index (χ4n) is 1.57. The van der Waals surface area contributed by atoms with E-state index in [1.54, 1.807) is 20.8 Å². The quantitative estimate of drug-likeness (QED) is 0.758. The highest BCUT2D eigenvalue weighted by Crippen LogP contribution is 2.22. The van der Waals surface area contributed by atoms with Gasteiger partial charge in [-0.15, -0.1) is 0 Å². The van der Waals surface area contributed by atoms with Gasteiger partial charge in [-0.1, -0.05) is 0 Å². The largest absolute Gasteiger partial charge is 0.374 e. The van der Waals surface area contributed by atoms with Gasteiger partial charge in [0.15, 0.2) is 0 Å². The summed E-state index contributed by atoms with van der Waals surface area (Å²) in [6.07, 6.45) is -0.203. The molecule has 0 aromatic heterocycles. The van der Waals surface area contributed by atoms with Crippen molar-refractivity contribution in [3.8, 4) is 0 Å². The third-order valence-electron chi connectivity index (χ3n) is 2.76. The third-order valence-corrected chi connectivity index (χ3v) is 5.32. The van der Waals surface area contributed by atoms with Crippen molar-refractivity contribution in [2.45, 2.75) is 44.6 Å². The molecule has 2 atom stereocenters. The molecule has 0 aromatic rings. The average molecular weight is 250 g/mol. The van der Waals surface area contributed by atoms with Crippen molar-refractivity contribution in [3.63, 3.8) is 0 Å². The lowest BCUT2D eigenvalue weighted by Gasteiger charge is -2.37. The van der Waals surface area contributed by atoms with Gasteiger partial charge in [-0.05, 0) is 27.7 Å². The van der Waals surface area contributed by atoms with E-state index in [4.69, 9.17) is 10.5 Å². The van der Waals surface area contributed by atoms with Gasteiger partial charge < -0.3 is 10.5 Å². The Bertz CT molecular complexity index is 332. The number of rotatable bonds is 2. The van der Waals surface area contributed by atoms with Crippen molar-refractivity contribution in [2.24, 2.45) is 5.73 Å². The molecule has 6 heteroatoms. The molecule has 0 spiro atoms. The first-order valence-electron chi connectivity index (χ1n) is 5.53. The molecule has 0 bridgehead atoms. The first-order valence-corrected chi connectivity index (χ1v) is 6.97. The summed E-state index contributed by atoms with van der Waals surface area (Å²) < 4.78 is 30.6. The Morgan fingerprint density at radius 2 is 2.00 bits per heavy atom. The Labute approximate surface area is 98.0 Å². The lowest BCUT2D eigenvalue weighted by Crippen LogP contribution is -2.54. The standard InChI is InChI=1S/C10H22N2O3S/c1-8(11)9-7-12(5-6-15-9)16(13,14)10(2,3)4/h8-9H,5-7,11H2,1-4H3. The lowest BCUT2D eigenvalue weighted by atomic mass is 10.2. The number of ether oxygens (including phenoxy) is 1. The van der Waals surface area contributed by atoms with Gasteiger partial charge in [-0.3, -0.25) is 0 Å². The summed E-state index contributed by atoms with van der Waals surface area (Å²) in [5.74, 6) is 0. The van der Waals surface area contributed by atoms with Gasteiger partial charge in [0.25, 0.3) is 0 Å². The molecule has 2 N–H and O–H groups in total. The fourth-order valence-corrected chi connectivity index (χ4v) is 3.01. The molecule has 1 aliphatic heterocycles. The molecule has 1 heterocycles. The van der Waals surface area contributed by atoms with Crippen molar-refractivity contribution < 1.29 is 13.2 Å². The summed E-state index contributed by atoms with van der Waals surface area (Å²) in [6, 6.07) is -0.155. The van der Waals surface area contributed by atoms with Gasteiger partial charge >= 0.3 is 0 Å². The van der Waals surface area contributed by atoms with Crippen LogP contribution in [-0.2, 0) is 14.8 Å². The minimum Gasteiger partial charge on any atom is -0.374 e. The average Bonchev–Trinajstić information content (AvgIpc) is 2.16. The molecule has 5 nitrogen and oxygen atoms in total. The number of sulfonamides is 1. The van der Waals surface area contributed by atoms with Gasteiger partial charge in [-0.25, -0.2) is 8.42 Å². The van der Waals surface area contributed by atoms with E-state index < -0.39 is 14.8 Å². The number of nitrogens with zero attached hydrogens (tertiary/aromatic N) is 1. The number of hydrogen-bond acceptors (Lipinski definition) is 4. The van der Waals surface area contributed by atoms with Crippen molar-refractivity contribution in [3.05, 3.63) is 0 Å². The molecule has 1 fully saturated rings. The molecular formula is C10H22N2O3S. The Hall–Kier alpha value is -0.170. The number of nitrogens with two attached hydrogens (primary N) is 1. The molecule has 16 heavy (non-hydrogen) atoms. The van der Waals surface area contributed by atoms with Crippen molar-refractivity contribution in [2.75, 3.05) is 19.7 Å². The summed E-state index contributed by atoms with van der Waals surface area (Å²) in [6.45, 7) is 8.15. The second-order valence-corrected chi connectivity index (χ2v) is 7.94. The highest BCUT2D eigenvalue weighted by Gasteiger charge is 2.38. The maximum Gasteiger partial charge on any atom is 0.219 e. The molecule has 1 rings (SSSR count). The molecule has 96 valence electrons. The van der Waals surface area contributed by atoms with Crippen LogP contribution in [0.25, 0.3) is 0 Å². The zero-order chi connectivity index (χ0) is 12.6. The Morgan fingerprint density at radius 1 is 1.44 bits per heavy atom. The first kappa shape index (κ1) is 13.9. The minimum atomic E-state index is -3.27. The van der Waals surface area contributed by atoms with E-state index in [2.05, 4.69) is 0 Å². The molecule has 1 aliphatic rings. The van der Waals surface area contributed by atoms with Crippen LogP contribution in [0.1, 0.15) is 27.7 Å². The van der Waals surface area contributed by atoms with Crippen molar-refractivity contribution >= 4 is 10.0 Å². The van der Waals surface area contributed by atoms with Crippen LogP contribution in [0.3, 0.4) is 0 Å². The van der Waals surface area contributed by atoms with Gasteiger partial charge in [0, 0.05) is 19.1 Å². The second kappa shape index (κ2) is 4.60. The third kappa shape index (κ3) is 2.74. The van der Waals surface area contributed by atoms with E-state index in [9.17, 15) is 8.42 Å². The van der Waals surface area contributed by atoms with Crippen LogP contribution >= 0.6 is 0 Å². The van der Waals surface area contributed by atoms with Gasteiger partial charge in [0.1, 0.15) is 0 Å². The highest BCUT2D eigenvalue weighted by atomic mass is 32.2. The van der Waals surface area contributed by atoms with E-state index in [1.807, 2.05) is 6.92 Å². The molecular weight excluding hydrogens is 228 g/mol. The maximum atomic E-state index is 12.2. The second-order valence-electron chi connectivity index (χ2n) is 5.24. The van der Waals surface area contributed by atoms with E-state index in [0.29, 0.717) is 19.7 Å². The predicted molar refractivity (Wildman–Crippen MR) is 63.6 cm³/mol. The SMILES string of the molecule is CC(N)C1CN(S(=O)(=O)C(C)(C)C)CCO1. The van der Waals surface area contributed by atoms with Crippen molar-refractivity contribution in [1.29, 1.82) is 0 Å². The van der Waals surface area contributed by atoms with E-state index >= 15 is 0 Å². The molecule has 1 saturated heterocycles. The van der Waals surface area contributed by atoms with Gasteiger partial charge in [0.05, 0.1) is 17.5 Å². The summed E-state index contributed by atoms with van der Waals surface area (Å²) in [5, 5.41) is 0. The topological polar surface area (TPSA) is 72.6 Å². The summed E-state index contributed by atoms with van der Waals surface area (Å²) in [5.41, 5.74) is 5.74. The van der Waals surface area contributed by atoms with Crippen molar-refractivity contribution in [1.82, 2.24) is 4.31 Å². The Morgan fingerprint density at radius 3 is 2.44 bits per heavy atom. The van der Waals surface area contributed by atoms with Crippen LogP contribution in [0.2, 0.25) is 0 Å². The monoisotopic (exact) mass is 250 g/mol. The molecule has 0 aliphatic carbocycles. The van der Waals surface area contributed by atoms with Gasteiger partial charge in [0.2, 0.25) is 10.0 Å². The van der Waals surface area contributed by atoms with Crippen LogP contribution in [0.5, 0.6) is 0 Å². The van der Waals surface area contributed by atoms with Gasteiger partial charge in [-0.2, -0.15) is 4.31 Å². The Balaban J connectivity index is 2.83. The predicted octanol–water partition coefficient (Wildman–Crippen LogP) is 0.163. The van der Waals surface area contributed by atoms with E-state index in [0.717, 1.165) is 0 Å². The molecule has 0 saturated carbocycles. The normalized spacial score (nSPS) is 26.7. The number of hydrogen-bond donors (Lipinski definition) is 1. The van der Waals surface area contributed by atoms with E-state index in [-0.39, 0.29) is 12.1 Å². The smallest absolute Gasteiger partial charge is 0.219 e. The zero-order valence-electron chi connectivity index (χ0n) is 10.4. The first-order chi connectivity index (χ1) is 7.16. The Kier molecular flexibility index (Phi) is 3.99. The zero-order valence-corrected chi connectivity index (χ0v) is 11.3. The molecule has 2 unspecified atom stereocenters. The highest BCUT2D eigenvalue weighted by molar-refractivity contribution is 7.90. The summed E-state index contributed by atoms with van der Waals surface area (Å²) in [4.78, 5) is 0. The van der Waals surface area contributed by atoms with Crippen LogP contribution in [0.4, 0.5) is 0 Å². The molecule has 0 amide bonds. The molecule has 0 aromatic carbocycles. The van der Waals surface area contributed by atoms with Crippen LogP contribution in [-0.4, -0.2) is 49.3 Å². The number of morpholine rings is 1. The van der Waals surface area contributed by atoms with E-state index in [1.165, 1.54) is 4.31 Å². The summed E-state index contributed by atoms with van der Waals surface area (Å²) >= 11 is 0. The summed E-state index contributed by atoms with van der Waals surface area (Å²) in [7, 11) is -3.27. The van der Waals surface area contributed by atoms with Crippen LogP contribution in [0.15, 0.2) is 0 Å². The maximum absolute atomic E-state index is 12.2. The van der Waals surface area contributed by atoms with Crippen LogP contribution < -0.4 is 5.73 Å². The fraction of sp³-hybridized carbons (Fsp3) is 1.00.